The van der Waals surface area contributed by atoms with E-state index in [1.165, 1.54) is 7.11 Å². The lowest BCUT2D eigenvalue weighted by atomic mass is 9.91. The number of amides is 2. The van der Waals surface area contributed by atoms with Gasteiger partial charge in [0.25, 0.3) is 0 Å². The number of piperidine rings is 2. The van der Waals surface area contributed by atoms with Gasteiger partial charge in [0.15, 0.2) is 0 Å². The molecule has 0 atom stereocenters. The highest BCUT2D eigenvalue weighted by Gasteiger charge is 2.30. The number of hydrogen-bond acceptors (Lipinski definition) is 5. The number of carbonyl (C=O) groups is 3. The Morgan fingerprint density at radius 1 is 0.852 bits per heavy atom. The van der Waals surface area contributed by atoms with Crippen LogP contribution >= 0.6 is 0 Å². The summed E-state index contributed by atoms with van der Waals surface area (Å²) >= 11 is 0. The smallest absolute Gasteiger partial charge is 0.410 e. The molecular weight excluding hydrogens is 348 g/mol. The molecule has 2 fully saturated rings. The third kappa shape index (κ3) is 7.03. The van der Waals surface area contributed by atoms with Crippen LogP contribution in [0.1, 0.15) is 59.3 Å². The average Bonchev–Trinajstić information content (AvgIpc) is 2.61. The minimum absolute atomic E-state index is 0.170. The van der Waals surface area contributed by atoms with Crippen LogP contribution in [-0.2, 0) is 19.1 Å². The van der Waals surface area contributed by atoms with Gasteiger partial charge in [-0.1, -0.05) is 0 Å². The first-order valence-corrected chi connectivity index (χ1v) is 10.0. The Kier molecular flexibility index (Phi) is 7.50. The second-order valence-corrected chi connectivity index (χ2v) is 8.72. The number of ether oxygens (including phenoxy) is 2. The lowest BCUT2D eigenvalue weighted by molar-refractivity contribution is -0.142. The molecule has 2 aliphatic heterocycles. The molecule has 0 unspecified atom stereocenters. The SMILES string of the molecule is COC(=O)CC1CCN(C(=O)CC2CCN(C(=O)OC(C)(C)C)CC2)CC1. The van der Waals surface area contributed by atoms with Gasteiger partial charge in [-0.3, -0.25) is 9.59 Å². The van der Waals surface area contributed by atoms with Crippen LogP contribution in [0.15, 0.2) is 0 Å². The summed E-state index contributed by atoms with van der Waals surface area (Å²) in [5, 5.41) is 0. The number of hydrogen-bond donors (Lipinski definition) is 0. The van der Waals surface area contributed by atoms with Gasteiger partial charge in [-0.2, -0.15) is 0 Å². The molecular formula is C20H34N2O5. The van der Waals surface area contributed by atoms with Crippen LogP contribution in [0.5, 0.6) is 0 Å². The van der Waals surface area contributed by atoms with Crippen LogP contribution in [0.3, 0.4) is 0 Å². The molecule has 0 saturated carbocycles. The maximum Gasteiger partial charge on any atom is 0.410 e. The first-order chi connectivity index (χ1) is 12.7. The molecule has 0 radical (unpaired) electrons. The van der Waals surface area contributed by atoms with Crippen molar-refractivity contribution in [2.24, 2.45) is 11.8 Å². The molecule has 0 bridgehead atoms. The minimum Gasteiger partial charge on any atom is -0.469 e. The molecule has 0 spiro atoms. The molecule has 2 saturated heterocycles. The molecule has 0 aromatic carbocycles. The number of carbonyl (C=O) groups excluding carboxylic acids is 3. The van der Waals surface area contributed by atoms with Crippen molar-refractivity contribution < 1.29 is 23.9 Å². The van der Waals surface area contributed by atoms with Crippen molar-refractivity contribution in [2.75, 3.05) is 33.3 Å². The second kappa shape index (κ2) is 9.42. The van der Waals surface area contributed by atoms with E-state index in [-0.39, 0.29) is 18.0 Å². The van der Waals surface area contributed by atoms with E-state index in [1.54, 1.807) is 4.90 Å². The highest BCUT2D eigenvalue weighted by Crippen LogP contribution is 2.26. The maximum atomic E-state index is 12.6. The molecule has 0 aromatic heterocycles. The van der Waals surface area contributed by atoms with Crippen molar-refractivity contribution >= 4 is 18.0 Å². The van der Waals surface area contributed by atoms with Gasteiger partial charge in [-0.05, 0) is 58.3 Å². The van der Waals surface area contributed by atoms with Gasteiger partial charge >= 0.3 is 12.1 Å². The summed E-state index contributed by atoms with van der Waals surface area (Å²) in [6, 6.07) is 0. The van der Waals surface area contributed by atoms with Crippen molar-refractivity contribution in [1.82, 2.24) is 9.80 Å². The van der Waals surface area contributed by atoms with Crippen LogP contribution in [0.4, 0.5) is 4.79 Å². The zero-order valence-electron chi connectivity index (χ0n) is 17.2. The van der Waals surface area contributed by atoms with Crippen LogP contribution in [0, 0.1) is 11.8 Å². The highest BCUT2D eigenvalue weighted by atomic mass is 16.6. The summed E-state index contributed by atoms with van der Waals surface area (Å²) in [5.41, 5.74) is -0.482. The van der Waals surface area contributed by atoms with Gasteiger partial charge in [0.1, 0.15) is 5.60 Å². The fourth-order valence-corrected chi connectivity index (χ4v) is 3.73. The Labute approximate surface area is 162 Å². The topological polar surface area (TPSA) is 76.2 Å². The Morgan fingerprint density at radius 3 is 1.81 bits per heavy atom. The molecule has 0 N–H and O–H groups in total. The van der Waals surface area contributed by atoms with Crippen LogP contribution < -0.4 is 0 Å². The fourth-order valence-electron chi connectivity index (χ4n) is 3.73. The quantitative estimate of drug-likeness (QED) is 0.699. The van der Waals surface area contributed by atoms with E-state index in [9.17, 15) is 14.4 Å². The number of rotatable bonds is 4. The summed E-state index contributed by atoms with van der Waals surface area (Å²) in [5.74, 6) is 0.668. The Balaban J connectivity index is 1.69. The van der Waals surface area contributed by atoms with E-state index in [2.05, 4.69) is 0 Å². The zero-order valence-corrected chi connectivity index (χ0v) is 17.2. The monoisotopic (exact) mass is 382 g/mol. The van der Waals surface area contributed by atoms with Gasteiger partial charge in [0.2, 0.25) is 5.91 Å². The second-order valence-electron chi connectivity index (χ2n) is 8.72. The van der Waals surface area contributed by atoms with Gasteiger partial charge < -0.3 is 19.3 Å². The molecule has 7 heteroatoms. The van der Waals surface area contributed by atoms with Crippen molar-refractivity contribution in [3.63, 3.8) is 0 Å². The zero-order chi connectivity index (χ0) is 20.0. The first-order valence-electron chi connectivity index (χ1n) is 10.0. The Hall–Kier alpha value is -1.79. The molecule has 2 aliphatic rings. The third-order valence-electron chi connectivity index (χ3n) is 5.38. The summed E-state index contributed by atoms with van der Waals surface area (Å²) in [7, 11) is 1.41. The minimum atomic E-state index is -0.482. The van der Waals surface area contributed by atoms with Crippen LogP contribution in [0.2, 0.25) is 0 Å². The Morgan fingerprint density at radius 2 is 1.33 bits per heavy atom. The summed E-state index contributed by atoms with van der Waals surface area (Å²) in [6.07, 6.45) is 4.12. The number of likely N-dealkylation sites (tertiary alicyclic amines) is 2. The van der Waals surface area contributed by atoms with Crippen molar-refractivity contribution in [3.05, 3.63) is 0 Å². The number of methoxy groups -OCH3 is 1. The lowest BCUT2D eigenvalue weighted by Crippen LogP contribution is -2.43. The highest BCUT2D eigenvalue weighted by molar-refractivity contribution is 5.76. The van der Waals surface area contributed by atoms with Crippen molar-refractivity contribution in [1.29, 1.82) is 0 Å². The van der Waals surface area contributed by atoms with Crippen LogP contribution in [-0.4, -0.2) is 66.7 Å². The first kappa shape index (κ1) is 21.5. The van der Waals surface area contributed by atoms with Gasteiger partial charge in [0.05, 0.1) is 7.11 Å². The van der Waals surface area contributed by atoms with E-state index in [0.717, 1.165) is 38.8 Å². The van der Waals surface area contributed by atoms with Gasteiger partial charge in [-0.25, -0.2) is 4.79 Å². The molecule has 2 rings (SSSR count). The van der Waals surface area contributed by atoms with E-state index in [1.807, 2.05) is 25.7 Å². The molecule has 0 aliphatic carbocycles. The van der Waals surface area contributed by atoms with Gasteiger partial charge in [-0.15, -0.1) is 0 Å². The number of esters is 1. The lowest BCUT2D eigenvalue weighted by Gasteiger charge is -2.35. The normalized spacial score (nSPS) is 19.7. The van der Waals surface area contributed by atoms with E-state index < -0.39 is 5.60 Å². The van der Waals surface area contributed by atoms with E-state index in [4.69, 9.17) is 9.47 Å². The molecule has 0 aromatic rings. The molecule has 154 valence electrons. The molecule has 27 heavy (non-hydrogen) atoms. The van der Waals surface area contributed by atoms with Gasteiger partial charge in [0, 0.05) is 39.0 Å². The Bertz CT molecular complexity index is 527. The summed E-state index contributed by atoms with van der Waals surface area (Å²) in [6.45, 7) is 8.33. The molecule has 2 heterocycles. The maximum absolute atomic E-state index is 12.6. The largest absolute Gasteiger partial charge is 0.469 e. The standard InChI is InChI=1S/C20H34N2O5/c1-20(2,3)27-19(25)22-11-7-15(8-12-22)13-17(23)21-9-5-16(6-10-21)14-18(24)26-4/h15-16H,5-14H2,1-4H3. The average molecular weight is 383 g/mol. The summed E-state index contributed by atoms with van der Waals surface area (Å²) in [4.78, 5) is 39.7. The number of nitrogens with zero attached hydrogens (tertiary/aromatic N) is 2. The van der Waals surface area contributed by atoms with E-state index >= 15 is 0 Å². The van der Waals surface area contributed by atoms with Crippen molar-refractivity contribution in [3.8, 4) is 0 Å². The van der Waals surface area contributed by atoms with Crippen LogP contribution in [0.25, 0.3) is 0 Å². The van der Waals surface area contributed by atoms with E-state index in [0.29, 0.717) is 37.8 Å². The third-order valence-corrected chi connectivity index (χ3v) is 5.38. The predicted molar refractivity (Wildman–Crippen MR) is 101 cm³/mol. The summed E-state index contributed by atoms with van der Waals surface area (Å²) < 4.78 is 10.1. The predicted octanol–water partition coefficient (Wildman–Crippen LogP) is 2.83. The fraction of sp³-hybridized carbons (Fsp3) is 0.850. The molecule has 7 nitrogen and oxygen atoms in total. The molecule has 2 amide bonds. The van der Waals surface area contributed by atoms with Crippen molar-refractivity contribution in [2.45, 2.75) is 64.9 Å².